The number of hydrogen-bond donors (Lipinski definition) is 2. The van der Waals surface area contributed by atoms with Crippen LogP contribution >= 0.6 is 0 Å². The molecule has 3 N–H and O–H groups in total. The van der Waals surface area contributed by atoms with Gasteiger partial charge in [0.15, 0.2) is 0 Å². The van der Waals surface area contributed by atoms with Crippen molar-refractivity contribution in [1.82, 2.24) is 0 Å². The Labute approximate surface area is 95.0 Å². The summed E-state index contributed by atoms with van der Waals surface area (Å²) in [6.07, 6.45) is 0.250. The zero-order valence-electron chi connectivity index (χ0n) is 9.12. The molecule has 0 spiro atoms. The van der Waals surface area contributed by atoms with Gasteiger partial charge in [-0.05, 0) is 23.6 Å². The van der Waals surface area contributed by atoms with E-state index in [1.165, 1.54) is 12.1 Å². The van der Waals surface area contributed by atoms with Crippen LogP contribution in [0.25, 0.3) is 0 Å². The molecule has 1 aromatic rings. The Morgan fingerprint density at radius 3 is 1.88 bits per heavy atom. The van der Waals surface area contributed by atoms with Crippen LogP contribution in [0.1, 0.15) is 25.3 Å². The molecule has 0 saturated heterocycles. The SMILES string of the molecule is CC(C)c1ccc(S(=O)(=O)O)cc1.NC=O. The summed E-state index contributed by atoms with van der Waals surface area (Å²) in [7, 11) is -4.05. The van der Waals surface area contributed by atoms with Gasteiger partial charge in [0, 0.05) is 0 Å². The molecule has 0 radical (unpaired) electrons. The summed E-state index contributed by atoms with van der Waals surface area (Å²) < 4.78 is 30.0. The molecule has 0 aliphatic carbocycles. The number of benzene rings is 1. The molecule has 0 bridgehead atoms. The molecule has 1 aromatic carbocycles. The number of primary amides is 1. The lowest BCUT2D eigenvalue weighted by Gasteiger charge is -2.04. The molecular formula is C10H15NO4S. The summed E-state index contributed by atoms with van der Waals surface area (Å²) in [4.78, 5) is 8.52. The van der Waals surface area contributed by atoms with Crippen molar-refractivity contribution < 1.29 is 17.8 Å². The van der Waals surface area contributed by atoms with Crippen LogP contribution < -0.4 is 5.73 Å². The molecule has 0 saturated carbocycles. The molecule has 1 amide bonds. The van der Waals surface area contributed by atoms with Crippen LogP contribution in [0.4, 0.5) is 0 Å². The molecule has 0 unspecified atom stereocenters. The first-order valence-electron chi connectivity index (χ1n) is 4.55. The maximum atomic E-state index is 10.7. The maximum absolute atomic E-state index is 10.7. The standard InChI is InChI=1S/C9H12O3S.CH3NO/c1-7(2)8-3-5-9(6-4-8)13(10,11)12;2-1-3/h3-7H,1-2H3,(H,10,11,12);1H,(H2,2,3). The lowest BCUT2D eigenvalue weighted by molar-refractivity contribution is -0.106. The molecule has 0 atom stereocenters. The van der Waals surface area contributed by atoms with E-state index in [4.69, 9.17) is 9.35 Å². The zero-order chi connectivity index (χ0) is 12.8. The summed E-state index contributed by atoms with van der Waals surface area (Å²) in [5.74, 6) is 0.357. The number of amides is 1. The Hall–Kier alpha value is -1.40. The van der Waals surface area contributed by atoms with Crippen molar-refractivity contribution in [2.24, 2.45) is 5.73 Å². The van der Waals surface area contributed by atoms with Crippen molar-refractivity contribution in [2.45, 2.75) is 24.7 Å². The third-order valence-electron chi connectivity index (χ3n) is 1.84. The van der Waals surface area contributed by atoms with Gasteiger partial charge in [-0.3, -0.25) is 9.35 Å². The van der Waals surface area contributed by atoms with Crippen LogP contribution in [0.3, 0.4) is 0 Å². The summed E-state index contributed by atoms with van der Waals surface area (Å²) in [6, 6.07) is 6.22. The first kappa shape index (κ1) is 14.6. The van der Waals surface area contributed by atoms with Gasteiger partial charge < -0.3 is 5.73 Å². The Morgan fingerprint density at radius 2 is 1.62 bits per heavy atom. The maximum Gasteiger partial charge on any atom is 0.294 e. The van der Waals surface area contributed by atoms with Crippen LogP contribution in [0.15, 0.2) is 29.2 Å². The van der Waals surface area contributed by atoms with Crippen molar-refractivity contribution in [3.05, 3.63) is 29.8 Å². The number of carbonyl (C=O) groups excluding carboxylic acids is 1. The quantitative estimate of drug-likeness (QED) is 0.603. The average molecular weight is 245 g/mol. The monoisotopic (exact) mass is 245 g/mol. The molecule has 0 heterocycles. The molecule has 90 valence electrons. The fourth-order valence-corrected chi connectivity index (χ4v) is 1.50. The second kappa shape index (κ2) is 6.24. The Bertz CT molecular complexity index is 423. The van der Waals surface area contributed by atoms with Gasteiger partial charge in [-0.2, -0.15) is 8.42 Å². The Kier molecular flexibility index (Phi) is 5.69. The highest BCUT2D eigenvalue weighted by molar-refractivity contribution is 7.85. The number of carbonyl (C=O) groups is 1. The van der Waals surface area contributed by atoms with Crippen molar-refractivity contribution >= 4 is 16.5 Å². The fourth-order valence-electron chi connectivity index (χ4n) is 1.02. The molecule has 16 heavy (non-hydrogen) atoms. The fraction of sp³-hybridized carbons (Fsp3) is 0.300. The lowest BCUT2D eigenvalue weighted by atomic mass is 10.0. The topological polar surface area (TPSA) is 97.5 Å². The van der Waals surface area contributed by atoms with Crippen LogP contribution in [0.5, 0.6) is 0 Å². The smallest absolute Gasteiger partial charge is 0.294 e. The van der Waals surface area contributed by atoms with Gasteiger partial charge in [0.1, 0.15) is 0 Å². The van der Waals surface area contributed by atoms with Gasteiger partial charge in [0.25, 0.3) is 10.1 Å². The molecule has 0 aliphatic rings. The summed E-state index contributed by atoms with van der Waals surface area (Å²) >= 11 is 0. The minimum absolute atomic E-state index is 0.0584. The third-order valence-corrected chi connectivity index (χ3v) is 2.71. The number of hydrogen-bond acceptors (Lipinski definition) is 3. The van der Waals surface area contributed by atoms with E-state index in [1.54, 1.807) is 12.1 Å². The Morgan fingerprint density at radius 1 is 1.25 bits per heavy atom. The third kappa shape index (κ3) is 4.90. The number of rotatable bonds is 2. The van der Waals surface area contributed by atoms with Crippen molar-refractivity contribution in [3.8, 4) is 0 Å². The molecule has 0 fully saturated rings. The van der Waals surface area contributed by atoms with E-state index in [0.717, 1.165) is 5.56 Å². The van der Waals surface area contributed by atoms with E-state index in [9.17, 15) is 8.42 Å². The molecule has 0 aromatic heterocycles. The van der Waals surface area contributed by atoms with Gasteiger partial charge in [0.05, 0.1) is 4.90 Å². The number of nitrogens with two attached hydrogens (primary N) is 1. The largest absolute Gasteiger partial charge is 0.372 e. The van der Waals surface area contributed by atoms with E-state index < -0.39 is 10.1 Å². The van der Waals surface area contributed by atoms with Crippen LogP contribution in [0.2, 0.25) is 0 Å². The highest BCUT2D eigenvalue weighted by Crippen LogP contribution is 2.16. The van der Waals surface area contributed by atoms with E-state index in [2.05, 4.69) is 5.73 Å². The average Bonchev–Trinajstić information content (AvgIpc) is 2.18. The van der Waals surface area contributed by atoms with E-state index in [0.29, 0.717) is 5.92 Å². The molecule has 0 aliphatic heterocycles. The molecule has 5 nitrogen and oxygen atoms in total. The van der Waals surface area contributed by atoms with Gasteiger partial charge in [-0.25, -0.2) is 0 Å². The second-order valence-electron chi connectivity index (χ2n) is 3.33. The molecule has 6 heteroatoms. The van der Waals surface area contributed by atoms with Crippen molar-refractivity contribution in [2.75, 3.05) is 0 Å². The normalized spacial score (nSPS) is 10.5. The summed E-state index contributed by atoms with van der Waals surface area (Å²) in [5, 5.41) is 0. The van der Waals surface area contributed by atoms with Crippen LogP contribution in [-0.2, 0) is 14.9 Å². The van der Waals surface area contributed by atoms with Gasteiger partial charge in [-0.15, -0.1) is 0 Å². The van der Waals surface area contributed by atoms with Gasteiger partial charge >= 0.3 is 0 Å². The lowest BCUT2D eigenvalue weighted by Crippen LogP contribution is -1.98. The van der Waals surface area contributed by atoms with E-state index >= 15 is 0 Å². The first-order valence-corrected chi connectivity index (χ1v) is 5.99. The first-order chi connectivity index (χ1) is 7.32. The minimum Gasteiger partial charge on any atom is -0.372 e. The highest BCUT2D eigenvalue weighted by atomic mass is 32.2. The predicted octanol–water partition coefficient (Wildman–Crippen LogP) is 1.16. The predicted molar refractivity (Wildman–Crippen MR) is 60.6 cm³/mol. The summed E-state index contributed by atoms with van der Waals surface area (Å²) in [5.41, 5.74) is 5.22. The highest BCUT2D eigenvalue weighted by Gasteiger charge is 2.08. The van der Waals surface area contributed by atoms with E-state index in [-0.39, 0.29) is 11.3 Å². The summed E-state index contributed by atoms with van der Waals surface area (Å²) in [6.45, 7) is 4.03. The van der Waals surface area contributed by atoms with Crippen LogP contribution in [0, 0.1) is 0 Å². The van der Waals surface area contributed by atoms with Crippen LogP contribution in [-0.4, -0.2) is 19.4 Å². The second-order valence-corrected chi connectivity index (χ2v) is 4.76. The zero-order valence-corrected chi connectivity index (χ0v) is 9.94. The van der Waals surface area contributed by atoms with Gasteiger partial charge in [-0.1, -0.05) is 26.0 Å². The van der Waals surface area contributed by atoms with Crippen molar-refractivity contribution in [1.29, 1.82) is 0 Å². The minimum atomic E-state index is -4.05. The molecule has 1 rings (SSSR count). The van der Waals surface area contributed by atoms with E-state index in [1.807, 2.05) is 13.8 Å². The van der Waals surface area contributed by atoms with Gasteiger partial charge in [0.2, 0.25) is 6.41 Å². The Balaban J connectivity index is 0.000000673. The van der Waals surface area contributed by atoms with Crippen molar-refractivity contribution in [3.63, 3.8) is 0 Å². The molecular weight excluding hydrogens is 230 g/mol.